The Bertz CT molecular complexity index is 494. The van der Waals surface area contributed by atoms with E-state index in [2.05, 4.69) is 0 Å². The normalized spacial score (nSPS) is 12.8. The minimum absolute atomic E-state index is 0.252. The molecule has 1 aromatic heterocycles. The van der Waals surface area contributed by atoms with E-state index in [4.69, 9.17) is 16.0 Å². The van der Waals surface area contributed by atoms with Gasteiger partial charge in [-0.05, 0) is 24.6 Å². The number of alkyl halides is 1. The van der Waals surface area contributed by atoms with Gasteiger partial charge in [-0.3, -0.25) is 0 Å². The molecule has 0 spiro atoms. The number of rotatable bonds is 2. The topological polar surface area (TPSA) is 13.1 Å². The lowest BCUT2D eigenvalue weighted by Crippen LogP contribution is -1.98. The van der Waals surface area contributed by atoms with E-state index in [0.717, 1.165) is 6.07 Å². The maximum absolute atomic E-state index is 13.5. The first-order valence-corrected chi connectivity index (χ1v) is 5.15. The van der Waals surface area contributed by atoms with Crippen molar-refractivity contribution in [3.05, 3.63) is 59.1 Å². The fraction of sp³-hybridized carbons (Fsp3) is 0.167. The van der Waals surface area contributed by atoms with Crippen LogP contribution in [0.25, 0.3) is 0 Å². The van der Waals surface area contributed by atoms with Crippen molar-refractivity contribution in [3.8, 4) is 0 Å². The smallest absolute Gasteiger partial charge is 0.131 e. The summed E-state index contributed by atoms with van der Waals surface area (Å²) >= 11 is 6.08. The van der Waals surface area contributed by atoms with Gasteiger partial charge in [0.15, 0.2) is 0 Å². The van der Waals surface area contributed by atoms with E-state index in [9.17, 15) is 8.78 Å². The van der Waals surface area contributed by atoms with Crippen molar-refractivity contribution in [2.75, 3.05) is 0 Å². The highest BCUT2D eigenvalue weighted by atomic mass is 35.5. The average molecular weight is 243 g/mol. The van der Waals surface area contributed by atoms with Gasteiger partial charge >= 0.3 is 0 Å². The molecule has 0 N–H and O–H groups in total. The van der Waals surface area contributed by atoms with Gasteiger partial charge in [0.05, 0.1) is 17.9 Å². The zero-order chi connectivity index (χ0) is 11.7. The second-order valence-corrected chi connectivity index (χ2v) is 3.98. The lowest BCUT2D eigenvalue weighted by molar-refractivity contribution is 0.560. The largest absolute Gasteiger partial charge is 0.472 e. The Balaban J connectivity index is 2.44. The summed E-state index contributed by atoms with van der Waals surface area (Å²) in [5.74, 6) is -1.22. The van der Waals surface area contributed by atoms with Crippen molar-refractivity contribution in [1.29, 1.82) is 0 Å². The minimum Gasteiger partial charge on any atom is -0.472 e. The molecule has 0 aliphatic carbocycles. The van der Waals surface area contributed by atoms with Crippen LogP contribution in [0.4, 0.5) is 8.78 Å². The van der Waals surface area contributed by atoms with E-state index in [1.54, 1.807) is 13.0 Å². The molecule has 2 rings (SSSR count). The standard InChI is InChI=1S/C12H9ClF2O/c1-7-4-9(11(15)5-10(7)14)12(13)8-2-3-16-6-8/h2-6,12H,1H3. The summed E-state index contributed by atoms with van der Waals surface area (Å²) in [5, 5.41) is -0.668. The summed E-state index contributed by atoms with van der Waals surface area (Å²) in [5.41, 5.74) is 1.26. The Hall–Kier alpha value is -1.35. The number of benzene rings is 1. The number of hydrogen-bond donors (Lipinski definition) is 0. The van der Waals surface area contributed by atoms with Crippen LogP contribution in [0.2, 0.25) is 0 Å². The molecule has 1 aromatic carbocycles. The van der Waals surface area contributed by atoms with Crippen molar-refractivity contribution in [3.63, 3.8) is 0 Å². The van der Waals surface area contributed by atoms with E-state index >= 15 is 0 Å². The van der Waals surface area contributed by atoms with Crippen molar-refractivity contribution in [2.45, 2.75) is 12.3 Å². The monoisotopic (exact) mass is 242 g/mol. The van der Waals surface area contributed by atoms with Gasteiger partial charge in [-0.2, -0.15) is 0 Å². The fourth-order valence-electron chi connectivity index (χ4n) is 1.47. The SMILES string of the molecule is Cc1cc(C(Cl)c2ccoc2)c(F)cc1F. The van der Waals surface area contributed by atoms with E-state index in [0.29, 0.717) is 11.1 Å². The molecule has 0 bridgehead atoms. The Morgan fingerprint density at radius 2 is 2.00 bits per heavy atom. The molecule has 0 amide bonds. The van der Waals surface area contributed by atoms with Gasteiger partial charge in [0.25, 0.3) is 0 Å². The molecule has 0 aliphatic rings. The summed E-state index contributed by atoms with van der Waals surface area (Å²) in [7, 11) is 0. The molecule has 4 heteroatoms. The highest BCUT2D eigenvalue weighted by Gasteiger charge is 2.18. The molecule has 16 heavy (non-hydrogen) atoms. The summed E-state index contributed by atoms with van der Waals surface area (Å²) in [6.07, 6.45) is 2.90. The molecule has 1 atom stereocenters. The second kappa shape index (κ2) is 4.26. The third-order valence-electron chi connectivity index (χ3n) is 2.39. The Labute approximate surface area is 96.6 Å². The number of halogens is 3. The van der Waals surface area contributed by atoms with Gasteiger partial charge < -0.3 is 4.42 Å². The third kappa shape index (κ3) is 1.95. The van der Waals surface area contributed by atoms with Crippen LogP contribution < -0.4 is 0 Å². The number of furan rings is 1. The van der Waals surface area contributed by atoms with Crippen LogP contribution in [0.3, 0.4) is 0 Å². The molecule has 0 fully saturated rings. The highest BCUT2D eigenvalue weighted by molar-refractivity contribution is 6.22. The molecule has 1 heterocycles. The molecule has 0 saturated heterocycles. The summed E-state index contributed by atoms with van der Waals surface area (Å²) in [6, 6.07) is 3.91. The molecule has 84 valence electrons. The van der Waals surface area contributed by atoms with E-state index in [1.807, 2.05) is 0 Å². The van der Waals surface area contributed by atoms with Gasteiger partial charge in [0.1, 0.15) is 11.6 Å². The van der Waals surface area contributed by atoms with Crippen LogP contribution >= 0.6 is 11.6 Å². The highest BCUT2D eigenvalue weighted by Crippen LogP contribution is 2.31. The van der Waals surface area contributed by atoms with Gasteiger partial charge in [0, 0.05) is 17.2 Å². The zero-order valence-corrected chi connectivity index (χ0v) is 9.26. The number of aryl methyl sites for hydroxylation is 1. The van der Waals surface area contributed by atoms with Crippen LogP contribution in [0.15, 0.2) is 35.1 Å². The first-order chi connectivity index (χ1) is 7.59. The molecular weight excluding hydrogens is 234 g/mol. The number of hydrogen-bond acceptors (Lipinski definition) is 1. The Kier molecular flexibility index (Phi) is 2.97. The molecule has 1 nitrogen and oxygen atoms in total. The van der Waals surface area contributed by atoms with Gasteiger partial charge in [-0.25, -0.2) is 8.78 Å². The Morgan fingerprint density at radius 1 is 1.25 bits per heavy atom. The van der Waals surface area contributed by atoms with Crippen molar-refractivity contribution in [1.82, 2.24) is 0 Å². The van der Waals surface area contributed by atoms with E-state index in [1.165, 1.54) is 18.6 Å². The molecular formula is C12H9ClF2O. The lowest BCUT2D eigenvalue weighted by atomic mass is 10.0. The maximum Gasteiger partial charge on any atom is 0.131 e. The molecule has 2 aromatic rings. The molecule has 1 unspecified atom stereocenters. The van der Waals surface area contributed by atoms with Crippen LogP contribution in [0, 0.1) is 18.6 Å². The van der Waals surface area contributed by atoms with Crippen molar-refractivity contribution in [2.24, 2.45) is 0 Å². The molecule has 0 radical (unpaired) electrons. The summed E-state index contributed by atoms with van der Waals surface area (Å²) < 4.78 is 31.5. The first-order valence-electron chi connectivity index (χ1n) is 4.71. The van der Waals surface area contributed by atoms with Gasteiger partial charge in [0.2, 0.25) is 0 Å². The van der Waals surface area contributed by atoms with Crippen molar-refractivity contribution < 1.29 is 13.2 Å². The van der Waals surface area contributed by atoms with Gasteiger partial charge in [-0.15, -0.1) is 11.6 Å². The van der Waals surface area contributed by atoms with Gasteiger partial charge in [-0.1, -0.05) is 0 Å². The zero-order valence-electron chi connectivity index (χ0n) is 8.51. The minimum atomic E-state index is -0.668. The predicted octanol–water partition coefficient (Wildman–Crippen LogP) is 4.19. The lowest BCUT2D eigenvalue weighted by Gasteiger charge is -2.10. The Morgan fingerprint density at radius 3 is 2.62 bits per heavy atom. The van der Waals surface area contributed by atoms with Crippen LogP contribution in [-0.2, 0) is 0 Å². The van der Waals surface area contributed by atoms with Crippen LogP contribution in [-0.4, -0.2) is 0 Å². The van der Waals surface area contributed by atoms with E-state index < -0.39 is 17.0 Å². The summed E-state index contributed by atoms with van der Waals surface area (Å²) in [4.78, 5) is 0. The first kappa shape index (κ1) is 11.1. The third-order valence-corrected chi connectivity index (χ3v) is 2.87. The fourth-order valence-corrected chi connectivity index (χ4v) is 1.76. The van der Waals surface area contributed by atoms with Crippen LogP contribution in [0.5, 0.6) is 0 Å². The van der Waals surface area contributed by atoms with Crippen LogP contribution in [0.1, 0.15) is 22.1 Å². The van der Waals surface area contributed by atoms with E-state index in [-0.39, 0.29) is 5.56 Å². The molecule has 0 aliphatic heterocycles. The second-order valence-electron chi connectivity index (χ2n) is 3.54. The average Bonchev–Trinajstić information content (AvgIpc) is 2.75. The quantitative estimate of drug-likeness (QED) is 0.720. The van der Waals surface area contributed by atoms with Crippen molar-refractivity contribution >= 4 is 11.6 Å². The molecule has 0 saturated carbocycles. The summed E-state index contributed by atoms with van der Waals surface area (Å²) in [6.45, 7) is 1.57. The maximum atomic E-state index is 13.5. The predicted molar refractivity (Wildman–Crippen MR) is 57.5 cm³/mol.